The Bertz CT molecular complexity index is 662. The third-order valence-electron chi connectivity index (χ3n) is 2.72. The highest BCUT2D eigenvalue weighted by Crippen LogP contribution is 2.25. The highest BCUT2D eigenvalue weighted by Gasteiger charge is 2.25. The summed E-state index contributed by atoms with van der Waals surface area (Å²) in [6.07, 6.45) is 0. The first-order chi connectivity index (χ1) is 9.58. The second-order valence-corrected chi connectivity index (χ2v) is 5.25. The summed E-state index contributed by atoms with van der Waals surface area (Å²) in [4.78, 5) is 27.0. The van der Waals surface area contributed by atoms with E-state index in [1.54, 1.807) is 19.9 Å². The number of ether oxygens (including phenoxy) is 2. The van der Waals surface area contributed by atoms with Gasteiger partial charge in [0.15, 0.2) is 0 Å². The van der Waals surface area contributed by atoms with Gasteiger partial charge in [0.05, 0.1) is 18.8 Å². The summed E-state index contributed by atoms with van der Waals surface area (Å²) in [5.41, 5.74) is 1.09. The molecule has 0 aliphatic carbocycles. The summed E-state index contributed by atoms with van der Waals surface area (Å²) in [5, 5.41) is 0.659. The quantitative estimate of drug-likeness (QED) is 0.647. The zero-order chi connectivity index (χ0) is 14.7. The molecule has 0 fully saturated rings. The minimum absolute atomic E-state index is 0.141. The molecule has 6 heteroatoms. The van der Waals surface area contributed by atoms with Crippen molar-refractivity contribution in [3.8, 4) is 0 Å². The molecule has 0 saturated heterocycles. The van der Waals surface area contributed by atoms with Crippen molar-refractivity contribution >= 4 is 45.4 Å². The minimum atomic E-state index is -0.554. The molecular weight excluding hydrogens is 373 g/mol. The molecule has 0 bridgehead atoms. The molecule has 2 rings (SSSR count). The maximum Gasteiger partial charge on any atom is 0.355 e. The van der Waals surface area contributed by atoms with E-state index in [4.69, 9.17) is 9.47 Å². The number of carbonyl (C=O) groups excluding carboxylic acids is 2. The number of H-pyrrole nitrogens is 1. The number of nitrogens with one attached hydrogen (secondary N) is 1. The molecule has 106 valence electrons. The number of hydrogen-bond donors (Lipinski definition) is 1. The normalized spacial score (nSPS) is 10.6. The highest BCUT2D eigenvalue weighted by molar-refractivity contribution is 14.1. The smallest absolute Gasteiger partial charge is 0.355 e. The number of hydrogen-bond acceptors (Lipinski definition) is 4. The summed E-state index contributed by atoms with van der Waals surface area (Å²) >= 11 is 2.16. The van der Waals surface area contributed by atoms with Crippen LogP contribution in [0.1, 0.15) is 34.7 Å². The van der Waals surface area contributed by atoms with E-state index in [9.17, 15) is 9.59 Å². The van der Waals surface area contributed by atoms with E-state index >= 15 is 0 Å². The van der Waals surface area contributed by atoms with E-state index in [2.05, 4.69) is 27.6 Å². The van der Waals surface area contributed by atoms with E-state index in [1.165, 1.54) is 0 Å². The molecule has 1 aromatic heterocycles. The van der Waals surface area contributed by atoms with Crippen molar-refractivity contribution in [2.45, 2.75) is 13.8 Å². The largest absolute Gasteiger partial charge is 0.462 e. The second-order valence-electron chi connectivity index (χ2n) is 4.01. The van der Waals surface area contributed by atoms with Crippen LogP contribution in [0, 0.1) is 3.57 Å². The van der Waals surface area contributed by atoms with Gasteiger partial charge in [-0.25, -0.2) is 9.59 Å². The molecule has 1 aromatic carbocycles. The van der Waals surface area contributed by atoms with Crippen LogP contribution in [0.15, 0.2) is 18.2 Å². The number of halogens is 1. The number of rotatable bonds is 4. The van der Waals surface area contributed by atoms with Crippen LogP contribution in [-0.4, -0.2) is 30.1 Å². The standard InChI is InChI=1S/C14H14INO4/c1-3-19-13(17)11-9-6-5-8(15)7-10(9)16-12(11)14(18)20-4-2/h5-7,16H,3-4H2,1-2H3. The number of benzene rings is 1. The summed E-state index contributed by atoms with van der Waals surface area (Å²) < 4.78 is 11.0. The molecule has 20 heavy (non-hydrogen) atoms. The maximum absolute atomic E-state index is 12.1. The molecular formula is C14H14INO4. The summed E-state index contributed by atoms with van der Waals surface area (Å²) in [6.45, 7) is 3.93. The Hall–Kier alpha value is -1.57. The van der Waals surface area contributed by atoms with E-state index in [0.717, 1.165) is 3.57 Å². The molecule has 0 atom stereocenters. The first-order valence-electron chi connectivity index (χ1n) is 6.24. The minimum Gasteiger partial charge on any atom is -0.462 e. The second kappa shape index (κ2) is 6.25. The van der Waals surface area contributed by atoms with Crippen molar-refractivity contribution in [2.75, 3.05) is 13.2 Å². The summed E-state index contributed by atoms with van der Waals surface area (Å²) in [7, 11) is 0. The molecule has 0 radical (unpaired) electrons. The zero-order valence-electron chi connectivity index (χ0n) is 11.2. The van der Waals surface area contributed by atoms with Gasteiger partial charge in [-0.05, 0) is 48.6 Å². The van der Waals surface area contributed by atoms with E-state index in [-0.39, 0.29) is 24.5 Å². The van der Waals surface area contributed by atoms with Gasteiger partial charge in [-0.15, -0.1) is 0 Å². The van der Waals surface area contributed by atoms with E-state index < -0.39 is 11.9 Å². The lowest BCUT2D eigenvalue weighted by Gasteiger charge is -2.04. The average molecular weight is 387 g/mol. The average Bonchev–Trinajstić information content (AvgIpc) is 2.77. The zero-order valence-corrected chi connectivity index (χ0v) is 13.3. The van der Waals surface area contributed by atoms with Gasteiger partial charge < -0.3 is 14.5 Å². The van der Waals surface area contributed by atoms with Gasteiger partial charge in [-0.2, -0.15) is 0 Å². The lowest BCUT2D eigenvalue weighted by atomic mass is 10.1. The third kappa shape index (κ3) is 2.79. The molecule has 0 saturated carbocycles. The van der Waals surface area contributed by atoms with Gasteiger partial charge >= 0.3 is 11.9 Å². The Balaban J connectivity index is 2.62. The van der Waals surface area contributed by atoms with Gasteiger partial charge in [0.1, 0.15) is 5.69 Å². The number of aromatic nitrogens is 1. The Morgan fingerprint density at radius 2 is 1.80 bits per heavy atom. The fourth-order valence-electron chi connectivity index (χ4n) is 1.94. The van der Waals surface area contributed by atoms with Crippen molar-refractivity contribution in [2.24, 2.45) is 0 Å². The first-order valence-corrected chi connectivity index (χ1v) is 7.31. The number of fused-ring (bicyclic) bond motifs is 1. The van der Waals surface area contributed by atoms with Crippen LogP contribution in [-0.2, 0) is 9.47 Å². The van der Waals surface area contributed by atoms with Crippen molar-refractivity contribution < 1.29 is 19.1 Å². The topological polar surface area (TPSA) is 68.4 Å². The SMILES string of the molecule is CCOC(=O)c1[nH]c2cc(I)ccc2c1C(=O)OCC. The molecule has 2 aromatic rings. The highest BCUT2D eigenvalue weighted by atomic mass is 127. The maximum atomic E-state index is 12.1. The molecule has 0 aliphatic heterocycles. The number of esters is 2. The van der Waals surface area contributed by atoms with Crippen molar-refractivity contribution in [1.29, 1.82) is 0 Å². The third-order valence-corrected chi connectivity index (χ3v) is 3.39. The van der Waals surface area contributed by atoms with Crippen LogP contribution in [0.5, 0.6) is 0 Å². The van der Waals surface area contributed by atoms with Gasteiger partial charge in [0.25, 0.3) is 0 Å². The lowest BCUT2D eigenvalue weighted by molar-refractivity contribution is 0.0477. The van der Waals surface area contributed by atoms with Gasteiger partial charge in [0, 0.05) is 14.5 Å². The van der Waals surface area contributed by atoms with Crippen LogP contribution in [0.2, 0.25) is 0 Å². The molecule has 1 N–H and O–H groups in total. The fraction of sp³-hybridized carbons (Fsp3) is 0.286. The lowest BCUT2D eigenvalue weighted by Crippen LogP contribution is -2.13. The van der Waals surface area contributed by atoms with Gasteiger partial charge in [-0.1, -0.05) is 6.07 Å². The molecule has 0 unspecified atom stereocenters. The van der Waals surface area contributed by atoms with E-state index in [1.807, 2.05) is 12.1 Å². The van der Waals surface area contributed by atoms with Crippen LogP contribution >= 0.6 is 22.6 Å². The molecule has 5 nitrogen and oxygen atoms in total. The Morgan fingerprint density at radius 3 is 2.45 bits per heavy atom. The Morgan fingerprint density at radius 1 is 1.15 bits per heavy atom. The van der Waals surface area contributed by atoms with Gasteiger partial charge in [0.2, 0.25) is 0 Å². The summed E-state index contributed by atoms with van der Waals surface area (Å²) in [5.74, 6) is -1.08. The summed E-state index contributed by atoms with van der Waals surface area (Å²) in [6, 6.07) is 5.53. The van der Waals surface area contributed by atoms with Crippen molar-refractivity contribution in [3.05, 3.63) is 33.0 Å². The Kier molecular flexibility index (Phi) is 4.64. The first kappa shape index (κ1) is 14.8. The van der Waals surface area contributed by atoms with E-state index in [0.29, 0.717) is 10.9 Å². The monoisotopic (exact) mass is 387 g/mol. The van der Waals surface area contributed by atoms with Crippen LogP contribution in [0.4, 0.5) is 0 Å². The molecule has 0 spiro atoms. The fourth-order valence-corrected chi connectivity index (χ4v) is 2.43. The molecule has 1 heterocycles. The molecule has 0 amide bonds. The van der Waals surface area contributed by atoms with Crippen molar-refractivity contribution in [3.63, 3.8) is 0 Å². The van der Waals surface area contributed by atoms with Crippen LogP contribution in [0.25, 0.3) is 10.9 Å². The predicted octanol–water partition coefficient (Wildman–Crippen LogP) is 3.13. The van der Waals surface area contributed by atoms with Gasteiger partial charge in [-0.3, -0.25) is 0 Å². The predicted molar refractivity (Wildman–Crippen MR) is 82.9 cm³/mol. The molecule has 0 aliphatic rings. The van der Waals surface area contributed by atoms with Crippen molar-refractivity contribution in [1.82, 2.24) is 4.98 Å². The number of carbonyl (C=O) groups is 2. The van der Waals surface area contributed by atoms with Crippen LogP contribution < -0.4 is 0 Å². The number of aromatic amines is 1. The van der Waals surface area contributed by atoms with Crippen LogP contribution in [0.3, 0.4) is 0 Å². The Labute approximate surface area is 129 Å².